The van der Waals surface area contributed by atoms with Crippen molar-refractivity contribution in [3.05, 3.63) is 23.4 Å². The van der Waals surface area contributed by atoms with Crippen molar-refractivity contribution in [3.63, 3.8) is 0 Å². The maximum atomic E-state index is 12.0. The van der Waals surface area contributed by atoms with E-state index < -0.39 is 0 Å². The Bertz CT molecular complexity index is 580. The third-order valence-corrected chi connectivity index (χ3v) is 4.54. The molecular formula is C17H25N3O2S. The van der Waals surface area contributed by atoms with Crippen LogP contribution >= 0.6 is 11.3 Å². The highest BCUT2D eigenvalue weighted by Gasteiger charge is 2.12. The SMILES string of the molecule is CCCCCCC(C)NC(=O)CCc1nc(-c2cccs2)no1. The standard InChI is InChI=1S/C17H25N3O2S/c1-3-4-5-6-8-13(2)18-15(21)10-11-16-19-17(20-22-16)14-9-7-12-23-14/h7,9,12-13H,3-6,8,10-11H2,1-2H3,(H,18,21). The summed E-state index contributed by atoms with van der Waals surface area (Å²) in [6, 6.07) is 4.13. The monoisotopic (exact) mass is 335 g/mol. The number of hydrogen-bond acceptors (Lipinski definition) is 5. The minimum atomic E-state index is 0.0452. The molecule has 2 aromatic heterocycles. The summed E-state index contributed by atoms with van der Waals surface area (Å²) in [5.74, 6) is 1.16. The summed E-state index contributed by atoms with van der Waals surface area (Å²) in [6.45, 7) is 4.26. The first-order valence-corrected chi connectivity index (χ1v) is 9.22. The van der Waals surface area contributed by atoms with Crippen LogP contribution < -0.4 is 5.32 Å². The molecule has 2 rings (SSSR count). The molecule has 2 aromatic rings. The second-order valence-corrected chi connectivity index (χ2v) is 6.75. The highest BCUT2D eigenvalue weighted by atomic mass is 32.1. The lowest BCUT2D eigenvalue weighted by Gasteiger charge is -2.13. The van der Waals surface area contributed by atoms with Gasteiger partial charge in [-0.15, -0.1) is 11.3 Å². The van der Waals surface area contributed by atoms with E-state index in [9.17, 15) is 4.79 Å². The molecule has 1 atom stereocenters. The predicted molar refractivity (Wildman–Crippen MR) is 92.3 cm³/mol. The van der Waals surface area contributed by atoms with E-state index in [1.807, 2.05) is 17.5 Å². The van der Waals surface area contributed by atoms with Crippen LogP contribution in [0, 0.1) is 0 Å². The van der Waals surface area contributed by atoms with Gasteiger partial charge in [0.25, 0.3) is 0 Å². The highest BCUT2D eigenvalue weighted by molar-refractivity contribution is 7.13. The zero-order chi connectivity index (χ0) is 16.5. The Hall–Kier alpha value is -1.69. The molecule has 0 aliphatic heterocycles. The molecule has 0 saturated heterocycles. The first-order chi connectivity index (χ1) is 11.2. The Labute approximate surface area is 141 Å². The van der Waals surface area contributed by atoms with Crippen LogP contribution in [-0.2, 0) is 11.2 Å². The summed E-state index contributed by atoms with van der Waals surface area (Å²) in [5.41, 5.74) is 0. The number of aromatic nitrogens is 2. The number of thiophene rings is 1. The van der Waals surface area contributed by atoms with Gasteiger partial charge < -0.3 is 9.84 Å². The molecule has 0 radical (unpaired) electrons. The summed E-state index contributed by atoms with van der Waals surface area (Å²) >= 11 is 1.57. The van der Waals surface area contributed by atoms with Gasteiger partial charge in [0.1, 0.15) is 0 Å². The zero-order valence-electron chi connectivity index (χ0n) is 13.9. The first kappa shape index (κ1) is 17.7. The average molecular weight is 335 g/mol. The Balaban J connectivity index is 1.68. The van der Waals surface area contributed by atoms with Gasteiger partial charge in [0, 0.05) is 18.9 Å². The fourth-order valence-corrected chi connectivity index (χ4v) is 3.03. The molecular weight excluding hydrogens is 310 g/mol. The number of amides is 1. The first-order valence-electron chi connectivity index (χ1n) is 8.35. The van der Waals surface area contributed by atoms with Gasteiger partial charge in [0.05, 0.1) is 4.88 Å². The second kappa shape index (κ2) is 9.45. The molecule has 6 heteroatoms. The third kappa shape index (κ3) is 6.14. The summed E-state index contributed by atoms with van der Waals surface area (Å²) < 4.78 is 5.20. The quantitative estimate of drug-likeness (QED) is 0.661. The fourth-order valence-electron chi connectivity index (χ4n) is 2.38. The fraction of sp³-hybridized carbons (Fsp3) is 0.588. The zero-order valence-corrected chi connectivity index (χ0v) is 14.7. The predicted octanol–water partition coefficient (Wildman–Crippen LogP) is 4.21. The number of unbranched alkanes of at least 4 members (excludes halogenated alkanes) is 3. The van der Waals surface area contributed by atoms with Gasteiger partial charge in [-0.05, 0) is 24.8 Å². The molecule has 23 heavy (non-hydrogen) atoms. The number of hydrogen-bond donors (Lipinski definition) is 1. The van der Waals surface area contributed by atoms with Gasteiger partial charge in [-0.2, -0.15) is 4.98 Å². The largest absolute Gasteiger partial charge is 0.354 e. The number of carbonyl (C=O) groups excluding carboxylic acids is 1. The normalized spacial score (nSPS) is 12.3. The molecule has 1 N–H and O–H groups in total. The van der Waals surface area contributed by atoms with Crippen LogP contribution in [0.15, 0.2) is 22.0 Å². The molecule has 0 saturated carbocycles. The minimum Gasteiger partial charge on any atom is -0.354 e. The number of carbonyl (C=O) groups is 1. The van der Waals surface area contributed by atoms with Gasteiger partial charge in [-0.3, -0.25) is 4.79 Å². The van der Waals surface area contributed by atoms with Crippen molar-refractivity contribution < 1.29 is 9.32 Å². The summed E-state index contributed by atoms with van der Waals surface area (Å²) in [7, 11) is 0. The lowest BCUT2D eigenvalue weighted by molar-refractivity contribution is -0.121. The van der Waals surface area contributed by atoms with E-state index in [0.29, 0.717) is 24.6 Å². The number of aryl methyl sites for hydroxylation is 1. The molecule has 0 fully saturated rings. The van der Waals surface area contributed by atoms with E-state index in [-0.39, 0.29) is 11.9 Å². The van der Waals surface area contributed by atoms with Crippen LogP contribution in [0.3, 0.4) is 0 Å². The molecule has 2 heterocycles. The number of nitrogens with zero attached hydrogens (tertiary/aromatic N) is 2. The molecule has 0 aliphatic carbocycles. The maximum Gasteiger partial charge on any atom is 0.227 e. The van der Waals surface area contributed by atoms with Crippen LogP contribution in [-0.4, -0.2) is 22.1 Å². The van der Waals surface area contributed by atoms with Crippen LogP contribution in [0.5, 0.6) is 0 Å². The van der Waals surface area contributed by atoms with E-state index >= 15 is 0 Å². The lowest BCUT2D eigenvalue weighted by Crippen LogP contribution is -2.32. The summed E-state index contributed by atoms with van der Waals surface area (Å²) in [4.78, 5) is 17.3. The molecule has 1 amide bonds. The molecule has 1 unspecified atom stereocenters. The van der Waals surface area contributed by atoms with Gasteiger partial charge in [-0.1, -0.05) is 43.8 Å². The van der Waals surface area contributed by atoms with Gasteiger partial charge in [0.15, 0.2) is 0 Å². The third-order valence-electron chi connectivity index (χ3n) is 3.67. The van der Waals surface area contributed by atoms with Crippen molar-refractivity contribution in [2.45, 2.75) is 64.8 Å². The summed E-state index contributed by atoms with van der Waals surface area (Å²) in [5, 5.41) is 8.96. The van der Waals surface area contributed by atoms with Crippen LogP contribution in [0.25, 0.3) is 10.7 Å². The molecule has 5 nitrogen and oxygen atoms in total. The van der Waals surface area contributed by atoms with E-state index in [1.165, 1.54) is 25.7 Å². The molecule has 0 aromatic carbocycles. The highest BCUT2D eigenvalue weighted by Crippen LogP contribution is 2.21. The van der Waals surface area contributed by atoms with Gasteiger partial charge in [-0.25, -0.2) is 0 Å². The lowest BCUT2D eigenvalue weighted by atomic mass is 10.1. The number of rotatable bonds is 10. The van der Waals surface area contributed by atoms with E-state index in [2.05, 4.69) is 29.3 Å². The van der Waals surface area contributed by atoms with Crippen molar-refractivity contribution >= 4 is 17.2 Å². The average Bonchev–Trinajstić information content (AvgIpc) is 3.20. The Morgan fingerprint density at radius 2 is 2.26 bits per heavy atom. The molecule has 126 valence electrons. The van der Waals surface area contributed by atoms with E-state index in [4.69, 9.17) is 4.52 Å². The Morgan fingerprint density at radius 1 is 1.39 bits per heavy atom. The van der Waals surface area contributed by atoms with E-state index in [0.717, 1.165) is 11.3 Å². The van der Waals surface area contributed by atoms with Crippen molar-refractivity contribution in [1.29, 1.82) is 0 Å². The Morgan fingerprint density at radius 3 is 3.00 bits per heavy atom. The van der Waals surface area contributed by atoms with E-state index in [1.54, 1.807) is 11.3 Å². The van der Waals surface area contributed by atoms with Gasteiger partial charge in [0.2, 0.25) is 17.6 Å². The summed E-state index contributed by atoms with van der Waals surface area (Å²) in [6.07, 6.45) is 6.81. The topological polar surface area (TPSA) is 68.0 Å². The molecule has 0 bridgehead atoms. The minimum absolute atomic E-state index is 0.0452. The van der Waals surface area contributed by atoms with Crippen LogP contribution in [0.4, 0.5) is 0 Å². The van der Waals surface area contributed by atoms with Crippen molar-refractivity contribution in [1.82, 2.24) is 15.5 Å². The van der Waals surface area contributed by atoms with Crippen LogP contribution in [0.2, 0.25) is 0 Å². The smallest absolute Gasteiger partial charge is 0.227 e. The van der Waals surface area contributed by atoms with Crippen molar-refractivity contribution in [2.75, 3.05) is 0 Å². The van der Waals surface area contributed by atoms with Crippen molar-refractivity contribution in [2.24, 2.45) is 0 Å². The number of nitrogens with one attached hydrogen (secondary N) is 1. The van der Waals surface area contributed by atoms with Crippen LogP contribution in [0.1, 0.15) is 58.3 Å². The Kier molecular flexibility index (Phi) is 7.26. The van der Waals surface area contributed by atoms with Crippen molar-refractivity contribution in [3.8, 4) is 10.7 Å². The maximum absolute atomic E-state index is 12.0. The molecule has 0 spiro atoms. The molecule has 0 aliphatic rings. The van der Waals surface area contributed by atoms with Gasteiger partial charge >= 0.3 is 0 Å². The second-order valence-electron chi connectivity index (χ2n) is 5.81.